The number of amides is 2. The second kappa shape index (κ2) is 8.83. The zero-order valence-electron chi connectivity index (χ0n) is 16.3. The van der Waals surface area contributed by atoms with E-state index < -0.39 is 6.04 Å². The zero-order chi connectivity index (χ0) is 20.1. The highest BCUT2D eigenvalue weighted by Crippen LogP contribution is 2.31. The summed E-state index contributed by atoms with van der Waals surface area (Å²) < 4.78 is 0. The molecule has 0 saturated carbocycles. The van der Waals surface area contributed by atoms with Crippen LogP contribution in [0.2, 0.25) is 0 Å². The van der Waals surface area contributed by atoms with E-state index in [4.69, 9.17) is 0 Å². The van der Waals surface area contributed by atoms with Crippen LogP contribution in [0, 0.1) is 22.0 Å². The number of hydrogen-bond donors (Lipinski definition) is 1. The van der Waals surface area contributed by atoms with E-state index in [1.165, 1.54) is 11.0 Å². The smallest absolute Gasteiger partial charge is 0.292 e. The number of hydrogen-bond acceptors (Lipinski definition) is 5. The number of para-hydroxylation sites is 2. The normalized spacial score (nSPS) is 16.1. The van der Waals surface area contributed by atoms with Crippen molar-refractivity contribution in [3.05, 3.63) is 34.4 Å². The topological polar surface area (TPSA) is 95.8 Å². The molecule has 1 aliphatic heterocycles. The molecule has 148 valence electrons. The van der Waals surface area contributed by atoms with Crippen LogP contribution >= 0.6 is 0 Å². The Balaban J connectivity index is 2.00. The molecule has 2 rings (SSSR count). The van der Waals surface area contributed by atoms with Gasteiger partial charge in [-0.1, -0.05) is 26.0 Å². The van der Waals surface area contributed by atoms with E-state index in [0.29, 0.717) is 31.6 Å². The van der Waals surface area contributed by atoms with Gasteiger partial charge in [-0.15, -0.1) is 0 Å². The fraction of sp³-hybridized carbons (Fsp3) is 0.579. The van der Waals surface area contributed by atoms with Gasteiger partial charge in [0.05, 0.1) is 4.92 Å². The van der Waals surface area contributed by atoms with E-state index in [0.717, 1.165) is 0 Å². The van der Waals surface area contributed by atoms with Gasteiger partial charge in [-0.25, -0.2) is 0 Å². The predicted octanol–water partition coefficient (Wildman–Crippen LogP) is 2.04. The molecular formula is C19H28N4O4. The molecule has 1 aliphatic rings. The molecule has 0 aliphatic carbocycles. The lowest BCUT2D eigenvalue weighted by Crippen LogP contribution is -2.52. The molecule has 1 aromatic rings. The Morgan fingerprint density at radius 3 is 2.33 bits per heavy atom. The van der Waals surface area contributed by atoms with Crippen molar-refractivity contribution in [2.45, 2.75) is 32.7 Å². The van der Waals surface area contributed by atoms with Crippen LogP contribution in [0.15, 0.2) is 24.3 Å². The second-order valence-electron chi connectivity index (χ2n) is 7.47. The highest BCUT2D eigenvalue weighted by Gasteiger charge is 2.32. The second-order valence-corrected chi connectivity index (χ2v) is 7.47. The van der Waals surface area contributed by atoms with Crippen molar-refractivity contribution >= 4 is 23.2 Å². The third-order valence-corrected chi connectivity index (χ3v) is 4.96. The van der Waals surface area contributed by atoms with Crippen molar-refractivity contribution in [2.24, 2.45) is 11.8 Å². The maximum Gasteiger partial charge on any atom is 0.292 e. The van der Waals surface area contributed by atoms with Crippen molar-refractivity contribution in [3.8, 4) is 0 Å². The van der Waals surface area contributed by atoms with Crippen LogP contribution < -0.4 is 10.2 Å². The number of carbonyl (C=O) groups excluding carboxylic acids is 2. The van der Waals surface area contributed by atoms with Gasteiger partial charge in [0.1, 0.15) is 11.7 Å². The molecule has 27 heavy (non-hydrogen) atoms. The minimum absolute atomic E-state index is 0.00379. The number of rotatable bonds is 6. The Kier molecular flexibility index (Phi) is 6.76. The molecule has 0 radical (unpaired) electrons. The van der Waals surface area contributed by atoms with Gasteiger partial charge < -0.3 is 15.1 Å². The van der Waals surface area contributed by atoms with Crippen LogP contribution in [0.5, 0.6) is 0 Å². The number of nitrogens with zero attached hydrogens (tertiary/aromatic N) is 3. The van der Waals surface area contributed by atoms with Crippen molar-refractivity contribution in [1.82, 2.24) is 10.2 Å². The van der Waals surface area contributed by atoms with Gasteiger partial charge in [0, 0.05) is 39.2 Å². The molecule has 0 aromatic heterocycles. The van der Waals surface area contributed by atoms with E-state index in [1.807, 2.05) is 18.7 Å². The molecule has 1 N–H and O–H groups in total. The van der Waals surface area contributed by atoms with E-state index in [-0.39, 0.29) is 34.3 Å². The Morgan fingerprint density at radius 1 is 1.22 bits per heavy atom. The molecule has 2 amide bonds. The maximum absolute atomic E-state index is 12.6. The first-order valence-electron chi connectivity index (χ1n) is 9.22. The maximum atomic E-state index is 12.6. The highest BCUT2D eigenvalue weighted by molar-refractivity contribution is 5.88. The van der Waals surface area contributed by atoms with Crippen LogP contribution in [-0.4, -0.2) is 54.9 Å². The largest absolute Gasteiger partial charge is 0.366 e. The Morgan fingerprint density at radius 2 is 1.81 bits per heavy atom. The lowest BCUT2D eigenvalue weighted by Gasteiger charge is -2.34. The Labute approximate surface area is 159 Å². The van der Waals surface area contributed by atoms with Crippen LogP contribution in [0.3, 0.4) is 0 Å². The fourth-order valence-corrected chi connectivity index (χ4v) is 3.33. The lowest BCUT2D eigenvalue weighted by molar-refractivity contribution is -0.384. The van der Waals surface area contributed by atoms with Crippen molar-refractivity contribution in [2.75, 3.05) is 32.1 Å². The molecule has 1 atom stereocenters. The summed E-state index contributed by atoms with van der Waals surface area (Å²) >= 11 is 0. The van der Waals surface area contributed by atoms with Crippen LogP contribution in [0.25, 0.3) is 0 Å². The number of benzene rings is 1. The third-order valence-electron chi connectivity index (χ3n) is 4.96. The first kappa shape index (κ1) is 20.7. The summed E-state index contributed by atoms with van der Waals surface area (Å²) in [4.78, 5) is 39.2. The zero-order valence-corrected chi connectivity index (χ0v) is 16.3. The minimum atomic E-state index is -0.541. The van der Waals surface area contributed by atoms with Gasteiger partial charge in [0.15, 0.2) is 0 Å². The molecule has 1 unspecified atom stereocenters. The minimum Gasteiger partial charge on any atom is -0.366 e. The Hall–Kier alpha value is -2.64. The molecule has 1 heterocycles. The van der Waals surface area contributed by atoms with Gasteiger partial charge in [0.2, 0.25) is 11.8 Å². The first-order valence-corrected chi connectivity index (χ1v) is 9.22. The standard InChI is InChI=1S/C19H28N4O4/c1-13(2)17(19(25)21(3)4)20-18(24)14-9-11-22(12-10-14)15-7-5-6-8-16(15)23(26)27/h5-8,13-14,17H,9-12H2,1-4H3,(H,20,24). The number of nitrogens with one attached hydrogen (secondary N) is 1. The van der Waals surface area contributed by atoms with E-state index in [1.54, 1.807) is 32.3 Å². The van der Waals surface area contributed by atoms with Gasteiger partial charge in [0.25, 0.3) is 5.69 Å². The van der Waals surface area contributed by atoms with Crippen LogP contribution in [0.1, 0.15) is 26.7 Å². The lowest BCUT2D eigenvalue weighted by atomic mass is 9.94. The number of nitro benzene ring substituents is 1. The average molecular weight is 376 g/mol. The van der Waals surface area contributed by atoms with Crippen molar-refractivity contribution < 1.29 is 14.5 Å². The highest BCUT2D eigenvalue weighted by atomic mass is 16.6. The third kappa shape index (κ3) is 4.96. The van der Waals surface area contributed by atoms with E-state index >= 15 is 0 Å². The van der Waals surface area contributed by atoms with Crippen molar-refractivity contribution in [1.29, 1.82) is 0 Å². The molecule has 0 bridgehead atoms. The molecule has 1 aromatic carbocycles. The van der Waals surface area contributed by atoms with Gasteiger partial charge >= 0.3 is 0 Å². The van der Waals surface area contributed by atoms with Crippen LogP contribution in [-0.2, 0) is 9.59 Å². The van der Waals surface area contributed by atoms with Gasteiger partial charge in [-0.05, 0) is 24.8 Å². The molecule has 0 spiro atoms. The Bertz CT molecular complexity index is 697. The van der Waals surface area contributed by atoms with Crippen LogP contribution in [0.4, 0.5) is 11.4 Å². The SMILES string of the molecule is CC(C)C(NC(=O)C1CCN(c2ccccc2[N+](=O)[O-])CC1)C(=O)N(C)C. The summed E-state index contributed by atoms with van der Waals surface area (Å²) in [6, 6.07) is 6.12. The molecule has 8 nitrogen and oxygen atoms in total. The van der Waals surface area contributed by atoms with Crippen molar-refractivity contribution in [3.63, 3.8) is 0 Å². The first-order chi connectivity index (χ1) is 12.7. The molecular weight excluding hydrogens is 348 g/mol. The average Bonchev–Trinajstić information content (AvgIpc) is 2.65. The number of carbonyl (C=O) groups is 2. The summed E-state index contributed by atoms with van der Waals surface area (Å²) in [6.45, 7) is 4.95. The molecule has 1 saturated heterocycles. The predicted molar refractivity (Wildman–Crippen MR) is 103 cm³/mol. The van der Waals surface area contributed by atoms with E-state index in [9.17, 15) is 19.7 Å². The summed E-state index contributed by atoms with van der Waals surface area (Å²) in [7, 11) is 3.35. The van der Waals surface area contributed by atoms with Gasteiger partial charge in [-0.2, -0.15) is 0 Å². The monoisotopic (exact) mass is 376 g/mol. The summed E-state index contributed by atoms with van der Waals surface area (Å²) in [6.07, 6.45) is 1.19. The number of anilines is 1. The number of piperidine rings is 1. The molecule has 8 heteroatoms. The number of likely N-dealkylation sites (N-methyl/N-ethyl adjacent to an activating group) is 1. The fourth-order valence-electron chi connectivity index (χ4n) is 3.33. The summed E-state index contributed by atoms with van der Waals surface area (Å²) in [5.74, 6) is -0.432. The summed E-state index contributed by atoms with van der Waals surface area (Å²) in [5.41, 5.74) is 0.668. The summed E-state index contributed by atoms with van der Waals surface area (Å²) in [5, 5.41) is 14.1. The quantitative estimate of drug-likeness (QED) is 0.605. The van der Waals surface area contributed by atoms with E-state index in [2.05, 4.69) is 5.32 Å². The molecule has 1 fully saturated rings. The van der Waals surface area contributed by atoms with Gasteiger partial charge in [-0.3, -0.25) is 19.7 Å². The number of nitro groups is 1.